The molecule has 6 heavy (non-hydrogen) atoms. The van der Waals surface area contributed by atoms with Crippen LogP contribution >= 0.6 is 13.5 Å². The van der Waals surface area contributed by atoms with Crippen molar-refractivity contribution in [2.45, 2.75) is 0 Å². The summed E-state index contributed by atoms with van der Waals surface area (Å²) in [4.78, 5) is 0. The summed E-state index contributed by atoms with van der Waals surface area (Å²) < 4.78 is 0. The van der Waals surface area contributed by atoms with Crippen LogP contribution in [0.25, 0.3) is 0 Å². The molecule has 0 fully saturated rings. The van der Waals surface area contributed by atoms with Crippen molar-refractivity contribution >= 4 is 54.0 Å². The molecule has 0 nitrogen and oxygen atoms in total. The van der Waals surface area contributed by atoms with E-state index in [2.05, 4.69) is 0 Å². The van der Waals surface area contributed by atoms with Crippen molar-refractivity contribution in [1.29, 1.82) is 0 Å². The zero-order valence-electron chi connectivity index (χ0n) is 2.33. The van der Waals surface area contributed by atoms with Crippen LogP contribution in [0.15, 0.2) is 0 Å². The smallest absolute Gasteiger partial charge is 2.00 e. The third-order valence-corrected chi connectivity index (χ3v) is 0. The van der Waals surface area contributed by atoms with Gasteiger partial charge in [-0.05, 0) is 0 Å². The molecular formula is H2Au2S4. The second-order valence-corrected chi connectivity index (χ2v) is 0. The van der Waals surface area contributed by atoms with Gasteiger partial charge in [-0.3, -0.25) is 0 Å². The van der Waals surface area contributed by atoms with Crippen LogP contribution in [0.3, 0.4) is 0 Å². The molecule has 48 valence electrons. The van der Waals surface area contributed by atoms with Crippen molar-refractivity contribution in [3.8, 4) is 0 Å². The van der Waals surface area contributed by atoms with Gasteiger partial charge in [-0.15, -0.1) is 0 Å². The van der Waals surface area contributed by atoms with E-state index in [9.17, 15) is 0 Å². The van der Waals surface area contributed by atoms with Gasteiger partial charge in [-0.25, -0.2) is 0 Å². The number of hydrogen-bond donors (Lipinski definition) is 0. The second-order valence-electron chi connectivity index (χ2n) is 0. The monoisotopic (exact) mass is 524 g/mol. The van der Waals surface area contributed by atoms with Crippen LogP contribution in [0.1, 0.15) is 0 Å². The Balaban J connectivity index is 0. The summed E-state index contributed by atoms with van der Waals surface area (Å²) in [7, 11) is 0. The first-order valence-corrected chi connectivity index (χ1v) is 0. The average molecular weight is 524 g/mol. The molecular weight excluding hydrogens is 522 g/mol. The SMILES string of the molecule is S.[Au+3].[Au+3].[S-2].[S-2].[S-2]. The Morgan fingerprint density at radius 3 is 0.500 bits per heavy atom. The molecule has 0 radical (unpaired) electrons. The van der Waals surface area contributed by atoms with E-state index >= 15 is 0 Å². The van der Waals surface area contributed by atoms with Gasteiger partial charge in [0.25, 0.3) is 0 Å². The van der Waals surface area contributed by atoms with Crippen molar-refractivity contribution in [1.82, 2.24) is 0 Å². The van der Waals surface area contributed by atoms with Gasteiger partial charge in [-0.2, -0.15) is 13.5 Å². The summed E-state index contributed by atoms with van der Waals surface area (Å²) in [6.07, 6.45) is 0. The Bertz CT molecular complexity index is 5.51. The molecule has 0 heterocycles. The van der Waals surface area contributed by atoms with Crippen LogP contribution in [0.5, 0.6) is 0 Å². The molecule has 6 heteroatoms. The van der Waals surface area contributed by atoms with E-state index < -0.39 is 0 Å². The second kappa shape index (κ2) is 45.0. The molecule has 0 aromatic carbocycles. The summed E-state index contributed by atoms with van der Waals surface area (Å²) in [5.41, 5.74) is 0. The molecule has 0 spiro atoms. The molecule has 0 atom stereocenters. The van der Waals surface area contributed by atoms with Crippen LogP contribution < -0.4 is 0 Å². The molecule has 0 unspecified atom stereocenters. The maximum absolute atomic E-state index is 0. The minimum atomic E-state index is 0. The molecule has 0 N–H and O–H groups in total. The molecule has 0 aromatic heterocycles. The Hall–Kier alpha value is 2.88. The quantitative estimate of drug-likeness (QED) is 0.395. The Kier molecular flexibility index (Phi) is 498. The Labute approximate surface area is 97.4 Å². The zero-order valence-corrected chi connectivity index (χ0v) is 10.1. The van der Waals surface area contributed by atoms with Gasteiger partial charge < -0.3 is 40.5 Å². The van der Waals surface area contributed by atoms with Crippen LogP contribution in [-0.2, 0) is 85.2 Å². The summed E-state index contributed by atoms with van der Waals surface area (Å²) in [6, 6.07) is 0. The van der Waals surface area contributed by atoms with E-state index in [1.807, 2.05) is 0 Å². The predicted octanol–water partition coefficient (Wildman–Crippen LogP) is 0.101. The van der Waals surface area contributed by atoms with Crippen molar-refractivity contribution in [3.63, 3.8) is 0 Å². The van der Waals surface area contributed by atoms with Crippen LogP contribution in [0, 0.1) is 0 Å². The fourth-order valence-corrected chi connectivity index (χ4v) is 0. The summed E-state index contributed by atoms with van der Waals surface area (Å²) >= 11 is 0. The van der Waals surface area contributed by atoms with Gasteiger partial charge in [0.1, 0.15) is 0 Å². The first-order valence-electron chi connectivity index (χ1n) is 0. The first-order chi connectivity index (χ1) is 0. The third kappa shape index (κ3) is 28.7. The fraction of sp³-hybridized carbons (Fsp3) is 0. The zero-order chi connectivity index (χ0) is 0. The maximum atomic E-state index is 0. The summed E-state index contributed by atoms with van der Waals surface area (Å²) in [6.45, 7) is 0. The minimum absolute atomic E-state index is 0. The number of rotatable bonds is 0. The van der Waals surface area contributed by atoms with Gasteiger partial charge >= 0.3 is 44.8 Å². The first kappa shape index (κ1) is 66.5. The molecule has 0 aliphatic heterocycles. The van der Waals surface area contributed by atoms with Crippen molar-refractivity contribution in [3.05, 3.63) is 0 Å². The predicted molar refractivity (Wildman–Crippen MR) is 32.5 cm³/mol. The molecule has 0 rings (SSSR count). The number of hydrogen-bond acceptors (Lipinski definition) is 0. The van der Waals surface area contributed by atoms with Crippen molar-refractivity contribution in [2.75, 3.05) is 0 Å². The molecule has 0 aliphatic rings. The molecule has 0 aliphatic carbocycles. The molecule has 0 amide bonds. The maximum Gasteiger partial charge on any atom is 3.00 e. The normalized spacial score (nSPS) is 0. The third-order valence-electron chi connectivity index (χ3n) is 0. The van der Waals surface area contributed by atoms with Crippen LogP contribution in [0.4, 0.5) is 0 Å². The van der Waals surface area contributed by atoms with E-state index in [1.54, 1.807) is 0 Å². The topological polar surface area (TPSA) is 0 Å². The molecule has 0 bridgehead atoms. The fourth-order valence-electron chi connectivity index (χ4n) is 0. The molecule has 0 saturated heterocycles. The Morgan fingerprint density at radius 2 is 0.500 bits per heavy atom. The van der Waals surface area contributed by atoms with Crippen molar-refractivity contribution in [2.24, 2.45) is 0 Å². The van der Waals surface area contributed by atoms with Gasteiger partial charge in [-0.1, -0.05) is 0 Å². The average Bonchev–Trinajstić information content (AvgIpc) is 0. The van der Waals surface area contributed by atoms with E-state index in [4.69, 9.17) is 0 Å². The largest absolute Gasteiger partial charge is 3.00 e. The Morgan fingerprint density at radius 1 is 0.500 bits per heavy atom. The van der Waals surface area contributed by atoms with Gasteiger partial charge in [0.05, 0.1) is 0 Å². The summed E-state index contributed by atoms with van der Waals surface area (Å²) in [5, 5.41) is 0. The van der Waals surface area contributed by atoms with E-state index in [-0.39, 0.29) is 98.7 Å². The van der Waals surface area contributed by atoms with Gasteiger partial charge in [0, 0.05) is 0 Å². The van der Waals surface area contributed by atoms with E-state index in [0.29, 0.717) is 0 Å². The molecule has 0 aromatic rings. The van der Waals surface area contributed by atoms with Crippen LogP contribution in [-0.4, -0.2) is 0 Å². The van der Waals surface area contributed by atoms with Gasteiger partial charge in [0.15, 0.2) is 0 Å². The van der Waals surface area contributed by atoms with E-state index in [0.717, 1.165) is 0 Å². The van der Waals surface area contributed by atoms with Crippen molar-refractivity contribution < 1.29 is 44.8 Å². The summed E-state index contributed by atoms with van der Waals surface area (Å²) in [5.74, 6) is 0. The standard InChI is InChI=1S/2Au.H2S.3S/h;;1H2;;;/q2*+3;;3*-2. The molecule has 0 saturated carbocycles. The minimum Gasteiger partial charge on any atom is -2.00 e. The van der Waals surface area contributed by atoms with Crippen LogP contribution in [0.2, 0.25) is 0 Å². The van der Waals surface area contributed by atoms with E-state index in [1.165, 1.54) is 0 Å². The van der Waals surface area contributed by atoms with Gasteiger partial charge in [0.2, 0.25) is 0 Å².